The highest BCUT2D eigenvalue weighted by Gasteiger charge is 2.32. The number of amides is 2. The van der Waals surface area contributed by atoms with E-state index < -0.39 is 0 Å². The van der Waals surface area contributed by atoms with Crippen LogP contribution >= 0.6 is 11.3 Å². The van der Waals surface area contributed by atoms with Gasteiger partial charge in [-0.3, -0.25) is 0 Å². The average molecular weight is 225 g/mol. The minimum atomic E-state index is -0.00801. The molecule has 2 unspecified atom stereocenters. The van der Waals surface area contributed by atoms with Gasteiger partial charge in [0.1, 0.15) is 0 Å². The first-order valence-electron chi connectivity index (χ1n) is 5.03. The lowest BCUT2D eigenvalue weighted by molar-refractivity contribution is 0.203. The molecule has 2 rings (SSSR count). The molecule has 3 N–H and O–H groups in total. The fourth-order valence-electron chi connectivity index (χ4n) is 1.72. The van der Waals surface area contributed by atoms with Crippen molar-refractivity contribution >= 4 is 17.4 Å². The van der Waals surface area contributed by atoms with Gasteiger partial charge in [0, 0.05) is 24.0 Å². The standard InChI is InChI=1S/C10H15N3OS/c1-7(5-11)13-6-8(12-10(13)14)9-3-2-4-15-9/h2-4,7-8H,5-6,11H2,1H3,(H,12,14). The molecule has 0 saturated carbocycles. The van der Waals surface area contributed by atoms with E-state index in [4.69, 9.17) is 5.73 Å². The second kappa shape index (κ2) is 4.20. The van der Waals surface area contributed by atoms with Gasteiger partial charge in [0.05, 0.1) is 6.04 Å². The number of rotatable bonds is 3. The lowest BCUT2D eigenvalue weighted by atomic mass is 10.2. The van der Waals surface area contributed by atoms with Crippen LogP contribution in [0.25, 0.3) is 0 Å². The van der Waals surface area contributed by atoms with E-state index >= 15 is 0 Å². The minimum absolute atomic E-state index is 0.00801. The van der Waals surface area contributed by atoms with Crippen molar-refractivity contribution in [2.75, 3.05) is 13.1 Å². The Kier molecular flexibility index (Phi) is 2.93. The van der Waals surface area contributed by atoms with Gasteiger partial charge in [-0.2, -0.15) is 0 Å². The molecule has 0 aromatic carbocycles. The van der Waals surface area contributed by atoms with Gasteiger partial charge in [-0.15, -0.1) is 11.3 Å². The van der Waals surface area contributed by atoms with E-state index in [0.717, 1.165) is 6.54 Å². The molecule has 1 aromatic rings. The van der Waals surface area contributed by atoms with Crippen LogP contribution in [0, 0.1) is 0 Å². The van der Waals surface area contributed by atoms with Crippen LogP contribution in [0.15, 0.2) is 17.5 Å². The summed E-state index contributed by atoms with van der Waals surface area (Å²) in [6.07, 6.45) is 0. The van der Waals surface area contributed by atoms with Crippen LogP contribution in [0.3, 0.4) is 0 Å². The SMILES string of the molecule is CC(CN)N1CC(c2cccs2)NC1=O. The van der Waals surface area contributed by atoms with Crippen LogP contribution < -0.4 is 11.1 Å². The lowest BCUT2D eigenvalue weighted by Crippen LogP contribution is -2.40. The molecule has 1 aliphatic rings. The first kappa shape index (κ1) is 10.4. The number of carbonyl (C=O) groups is 1. The quantitative estimate of drug-likeness (QED) is 0.811. The molecule has 1 aromatic heterocycles. The molecule has 1 aliphatic heterocycles. The molecular formula is C10H15N3OS. The van der Waals surface area contributed by atoms with Gasteiger partial charge < -0.3 is 16.0 Å². The first-order chi connectivity index (χ1) is 7.22. The number of nitrogens with zero attached hydrogens (tertiary/aromatic N) is 1. The van der Waals surface area contributed by atoms with Crippen LogP contribution in [0.4, 0.5) is 4.79 Å². The largest absolute Gasteiger partial charge is 0.329 e. The molecule has 2 heterocycles. The van der Waals surface area contributed by atoms with Crippen LogP contribution in [0.1, 0.15) is 17.8 Å². The maximum Gasteiger partial charge on any atom is 0.318 e. The maximum atomic E-state index is 11.6. The number of thiophene rings is 1. The van der Waals surface area contributed by atoms with Gasteiger partial charge in [0.15, 0.2) is 0 Å². The minimum Gasteiger partial charge on any atom is -0.329 e. The van der Waals surface area contributed by atoms with E-state index in [-0.39, 0.29) is 18.1 Å². The smallest absolute Gasteiger partial charge is 0.318 e. The third-order valence-corrected chi connectivity index (χ3v) is 3.68. The topological polar surface area (TPSA) is 58.4 Å². The second-order valence-corrected chi connectivity index (χ2v) is 4.73. The predicted octanol–water partition coefficient (Wildman–Crippen LogP) is 1.16. The van der Waals surface area contributed by atoms with Crippen molar-refractivity contribution in [3.63, 3.8) is 0 Å². The summed E-state index contributed by atoms with van der Waals surface area (Å²) in [5.41, 5.74) is 5.56. The zero-order valence-electron chi connectivity index (χ0n) is 8.64. The molecule has 1 saturated heterocycles. The Morgan fingerprint density at radius 2 is 2.60 bits per heavy atom. The van der Waals surface area contributed by atoms with Gasteiger partial charge in [-0.05, 0) is 18.4 Å². The van der Waals surface area contributed by atoms with Crippen molar-refractivity contribution in [1.82, 2.24) is 10.2 Å². The molecule has 0 spiro atoms. The van der Waals surface area contributed by atoms with Crippen molar-refractivity contribution in [2.24, 2.45) is 5.73 Å². The molecule has 0 bridgehead atoms. The number of hydrogen-bond acceptors (Lipinski definition) is 3. The summed E-state index contributed by atoms with van der Waals surface area (Å²) in [5.74, 6) is 0. The summed E-state index contributed by atoms with van der Waals surface area (Å²) in [7, 11) is 0. The van der Waals surface area contributed by atoms with Crippen molar-refractivity contribution in [3.8, 4) is 0 Å². The Morgan fingerprint density at radius 3 is 3.20 bits per heavy atom. The third-order valence-electron chi connectivity index (χ3n) is 2.70. The molecular weight excluding hydrogens is 210 g/mol. The van der Waals surface area contributed by atoms with Gasteiger partial charge in [0.25, 0.3) is 0 Å². The molecule has 15 heavy (non-hydrogen) atoms. The van der Waals surface area contributed by atoms with Crippen molar-refractivity contribution in [2.45, 2.75) is 19.0 Å². The Bertz CT molecular complexity index is 338. The van der Waals surface area contributed by atoms with E-state index in [2.05, 4.69) is 5.32 Å². The molecule has 0 radical (unpaired) electrons. The summed E-state index contributed by atoms with van der Waals surface area (Å²) in [5, 5.41) is 4.99. The highest BCUT2D eigenvalue weighted by Crippen LogP contribution is 2.25. The number of hydrogen-bond donors (Lipinski definition) is 2. The number of nitrogens with one attached hydrogen (secondary N) is 1. The van der Waals surface area contributed by atoms with E-state index in [0.29, 0.717) is 6.54 Å². The lowest BCUT2D eigenvalue weighted by Gasteiger charge is -2.21. The highest BCUT2D eigenvalue weighted by molar-refractivity contribution is 7.10. The zero-order valence-corrected chi connectivity index (χ0v) is 9.46. The summed E-state index contributed by atoms with van der Waals surface area (Å²) < 4.78 is 0. The summed E-state index contributed by atoms with van der Waals surface area (Å²) >= 11 is 1.67. The molecule has 1 fully saturated rings. The fourth-order valence-corrected chi connectivity index (χ4v) is 2.48. The molecule has 2 amide bonds. The van der Waals surface area contributed by atoms with E-state index in [1.165, 1.54) is 4.88 Å². The monoisotopic (exact) mass is 225 g/mol. The van der Waals surface area contributed by atoms with Crippen molar-refractivity contribution in [1.29, 1.82) is 0 Å². The van der Waals surface area contributed by atoms with Gasteiger partial charge >= 0.3 is 6.03 Å². The molecule has 4 nitrogen and oxygen atoms in total. The van der Waals surface area contributed by atoms with E-state index in [1.54, 1.807) is 16.2 Å². The Morgan fingerprint density at radius 1 is 1.80 bits per heavy atom. The number of urea groups is 1. The van der Waals surface area contributed by atoms with Crippen LogP contribution in [0.2, 0.25) is 0 Å². The Labute approximate surface area is 93.1 Å². The van der Waals surface area contributed by atoms with Crippen LogP contribution in [0.5, 0.6) is 0 Å². The molecule has 0 aliphatic carbocycles. The molecule has 2 atom stereocenters. The van der Waals surface area contributed by atoms with Crippen LogP contribution in [-0.2, 0) is 0 Å². The summed E-state index contributed by atoms with van der Waals surface area (Å²) in [4.78, 5) is 14.6. The fraction of sp³-hybridized carbons (Fsp3) is 0.500. The second-order valence-electron chi connectivity index (χ2n) is 3.75. The van der Waals surface area contributed by atoms with Crippen molar-refractivity contribution in [3.05, 3.63) is 22.4 Å². The maximum absolute atomic E-state index is 11.6. The van der Waals surface area contributed by atoms with Gasteiger partial charge in [0.2, 0.25) is 0 Å². The van der Waals surface area contributed by atoms with Gasteiger partial charge in [-0.1, -0.05) is 6.07 Å². The molecule has 82 valence electrons. The van der Waals surface area contributed by atoms with Gasteiger partial charge in [-0.25, -0.2) is 4.79 Å². The van der Waals surface area contributed by atoms with Crippen molar-refractivity contribution < 1.29 is 4.79 Å². The predicted molar refractivity (Wildman–Crippen MR) is 60.8 cm³/mol. The average Bonchev–Trinajstić information content (AvgIpc) is 2.84. The van der Waals surface area contributed by atoms with Crippen LogP contribution in [-0.4, -0.2) is 30.1 Å². The molecule has 5 heteroatoms. The Balaban J connectivity index is 2.07. The zero-order chi connectivity index (χ0) is 10.8. The summed E-state index contributed by atoms with van der Waals surface area (Å²) in [6.45, 7) is 3.19. The third kappa shape index (κ3) is 1.98. The number of carbonyl (C=O) groups excluding carboxylic acids is 1. The first-order valence-corrected chi connectivity index (χ1v) is 5.91. The highest BCUT2D eigenvalue weighted by atomic mass is 32.1. The van der Waals surface area contributed by atoms with E-state index in [9.17, 15) is 4.79 Å². The van der Waals surface area contributed by atoms with E-state index in [1.807, 2.05) is 24.4 Å². The number of nitrogens with two attached hydrogens (primary N) is 1. The summed E-state index contributed by atoms with van der Waals surface area (Å²) in [6, 6.07) is 4.28. The normalized spacial score (nSPS) is 22.9. The Hall–Kier alpha value is -1.07.